The highest BCUT2D eigenvalue weighted by atomic mass is 35.5. The van der Waals surface area contributed by atoms with Crippen LogP contribution in [0.25, 0.3) is 0 Å². The van der Waals surface area contributed by atoms with Crippen LogP contribution in [0.2, 0.25) is 10.0 Å². The van der Waals surface area contributed by atoms with Gasteiger partial charge in [0.2, 0.25) is 11.8 Å². The van der Waals surface area contributed by atoms with Crippen LogP contribution >= 0.6 is 23.2 Å². The predicted molar refractivity (Wildman–Crippen MR) is 163 cm³/mol. The van der Waals surface area contributed by atoms with Gasteiger partial charge in [0.1, 0.15) is 18.3 Å². The van der Waals surface area contributed by atoms with Crippen molar-refractivity contribution in [3.63, 3.8) is 0 Å². The van der Waals surface area contributed by atoms with E-state index >= 15 is 0 Å². The van der Waals surface area contributed by atoms with Gasteiger partial charge >= 0.3 is 0 Å². The Hall–Kier alpha value is -3.27. The number of nitrogens with zero attached hydrogens (tertiary/aromatic N) is 2. The zero-order valence-corrected chi connectivity index (χ0v) is 25.8. The average molecular weight is 621 g/mol. The van der Waals surface area contributed by atoms with E-state index in [1.807, 2.05) is 20.8 Å². The van der Waals surface area contributed by atoms with Gasteiger partial charge < -0.3 is 15.0 Å². The Bertz CT molecular complexity index is 1430. The highest BCUT2D eigenvalue weighted by Crippen LogP contribution is 2.28. The van der Waals surface area contributed by atoms with Crippen LogP contribution in [-0.4, -0.2) is 50.4 Å². The van der Waals surface area contributed by atoms with Crippen LogP contribution in [-0.2, 0) is 26.2 Å². The van der Waals surface area contributed by atoms with Gasteiger partial charge in [-0.3, -0.25) is 13.9 Å². The quantitative estimate of drug-likeness (QED) is 0.256. The van der Waals surface area contributed by atoms with Crippen LogP contribution in [0, 0.1) is 0 Å². The molecular weight excluding hydrogens is 585 g/mol. The molecule has 3 aromatic rings. The number of carbonyl (C=O) groups excluding carboxylic acids is 2. The molecule has 11 heteroatoms. The van der Waals surface area contributed by atoms with Crippen molar-refractivity contribution in [1.29, 1.82) is 0 Å². The van der Waals surface area contributed by atoms with E-state index in [-0.39, 0.29) is 29.1 Å². The molecule has 8 nitrogen and oxygen atoms in total. The first kappa shape index (κ1) is 32.2. The van der Waals surface area contributed by atoms with Gasteiger partial charge in [-0.25, -0.2) is 8.42 Å². The van der Waals surface area contributed by atoms with Crippen molar-refractivity contribution in [3.8, 4) is 5.75 Å². The van der Waals surface area contributed by atoms with Crippen LogP contribution < -0.4 is 14.4 Å². The Morgan fingerprint density at radius 2 is 1.59 bits per heavy atom. The molecule has 0 saturated carbocycles. The smallest absolute Gasteiger partial charge is 0.264 e. The molecule has 0 saturated heterocycles. The van der Waals surface area contributed by atoms with Crippen molar-refractivity contribution in [2.45, 2.75) is 57.6 Å². The van der Waals surface area contributed by atoms with Crippen molar-refractivity contribution < 1.29 is 22.7 Å². The number of rotatable bonds is 13. The van der Waals surface area contributed by atoms with Gasteiger partial charge in [0.15, 0.2) is 0 Å². The van der Waals surface area contributed by atoms with Crippen LogP contribution in [0.15, 0.2) is 77.7 Å². The molecule has 0 unspecified atom stereocenters. The van der Waals surface area contributed by atoms with Gasteiger partial charge in [-0.15, -0.1) is 0 Å². The first-order chi connectivity index (χ1) is 19.5. The number of halogens is 2. The minimum absolute atomic E-state index is 0.0161. The number of hydrogen-bond donors (Lipinski definition) is 1. The van der Waals surface area contributed by atoms with E-state index in [4.69, 9.17) is 27.9 Å². The standard InChI is InChI=1S/C30H35Cl2N3O5S/c1-5-28(30(37)33-21(3)4)34(19-22-12-17-26(31)27(32)18-22)29(36)20-35(23-13-15-24(16-14-23)40-6-2)41(38,39)25-10-8-7-9-11-25/h7-18,21,28H,5-6,19-20H2,1-4H3,(H,33,37)/t28-/m0/s1. The third-order valence-electron chi connectivity index (χ3n) is 6.20. The molecule has 0 spiro atoms. The lowest BCUT2D eigenvalue weighted by Crippen LogP contribution is -2.53. The molecule has 2 amide bonds. The van der Waals surface area contributed by atoms with Crippen molar-refractivity contribution in [2.75, 3.05) is 17.5 Å². The summed E-state index contributed by atoms with van der Waals surface area (Å²) >= 11 is 12.3. The molecule has 1 N–H and O–H groups in total. The van der Waals surface area contributed by atoms with Crippen LogP contribution in [0.4, 0.5) is 5.69 Å². The van der Waals surface area contributed by atoms with Gasteiger partial charge in [-0.1, -0.05) is 54.4 Å². The predicted octanol–water partition coefficient (Wildman–Crippen LogP) is 5.92. The zero-order valence-electron chi connectivity index (χ0n) is 23.5. The second kappa shape index (κ2) is 14.6. The molecule has 0 radical (unpaired) electrons. The maximum Gasteiger partial charge on any atom is 0.264 e. The summed E-state index contributed by atoms with van der Waals surface area (Å²) in [5.74, 6) is -0.332. The number of sulfonamides is 1. The van der Waals surface area contributed by atoms with Gasteiger partial charge in [0.05, 0.1) is 27.2 Å². The summed E-state index contributed by atoms with van der Waals surface area (Å²) < 4.78 is 34.3. The molecule has 0 aliphatic heterocycles. The fourth-order valence-electron chi connectivity index (χ4n) is 4.26. The first-order valence-corrected chi connectivity index (χ1v) is 15.5. The molecule has 1 atom stereocenters. The summed E-state index contributed by atoms with van der Waals surface area (Å²) in [4.78, 5) is 28.7. The van der Waals surface area contributed by atoms with E-state index < -0.39 is 28.5 Å². The van der Waals surface area contributed by atoms with E-state index in [2.05, 4.69) is 5.32 Å². The molecule has 0 fully saturated rings. The normalized spacial score (nSPS) is 12.1. The minimum atomic E-state index is -4.16. The molecular formula is C30H35Cl2N3O5S. The third kappa shape index (κ3) is 8.38. The Labute approximate surface area is 252 Å². The number of hydrogen-bond acceptors (Lipinski definition) is 5. The molecule has 220 valence electrons. The van der Waals surface area contributed by atoms with Crippen LogP contribution in [0.1, 0.15) is 39.7 Å². The summed E-state index contributed by atoms with van der Waals surface area (Å²) in [5, 5.41) is 3.53. The molecule has 3 rings (SSSR count). The third-order valence-corrected chi connectivity index (χ3v) is 8.73. The topological polar surface area (TPSA) is 96.0 Å². The van der Waals surface area contributed by atoms with Gasteiger partial charge in [0.25, 0.3) is 10.0 Å². The second-order valence-electron chi connectivity index (χ2n) is 9.61. The minimum Gasteiger partial charge on any atom is -0.494 e. The highest BCUT2D eigenvalue weighted by Gasteiger charge is 2.34. The van der Waals surface area contributed by atoms with Crippen molar-refractivity contribution >= 4 is 50.7 Å². The summed E-state index contributed by atoms with van der Waals surface area (Å²) in [6.45, 7) is 7.22. The van der Waals surface area contributed by atoms with Gasteiger partial charge in [0, 0.05) is 12.6 Å². The Balaban J connectivity index is 2.06. The Kier molecular flexibility index (Phi) is 11.5. The highest BCUT2D eigenvalue weighted by molar-refractivity contribution is 7.92. The second-order valence-corrected chi connectivity index (χ2v) is 12.3. The van der Waals surface area contributed by atoms with Crippen molar-refractivity contribution in [2.24, 2.45) is 0 Å². The van der Waals surface area contributed by atoms with E-state index in [0.29, 0.717) is 34.4 Å². The molecule has 0 aliphatic carbocycles. The molecule has 41 heavy (non-hydrogen) atoms. The molecule has 0 aromatic heterocycles. The van der Waals surface area contributed by atoms with E-state index in [9.17, 15) is 18.0 Å². The summed E-state index contributed by atoms with van der Waals surface area (Å²) in [6, 6.07) is 18.3. The van der Waals surface area contributed by atoms with Gasteiger partial charge in [-0.2, -0.15) is 0 Å². The molecule has 3 aromatic carbocycles. The summed E-state index contributed by atoms with van der Waals surface area (Å²) in [5.41, 5.74) is 0.918. The molecule has 0 heterocycles. The number of anilines is 1. The van der Waals surface area contributed by atoms with Gasteiger partial charge in [-0.05, 0) is 81.3 Å². The fourth-order valence-corrected chi connectivity index (χ4v) is 6.01. The lowest BCUT2D eigenvalue weighted by atomic mass is 10.1. The summed E-state index contributed by atoms with van der Waals surface area (Å²) in [7, 11) is -4.16. The number of nitrogens with one attached hydrogen (secondary N) is 1. The maximum absolute atomic E-state index is 14.1. The Morgan fingerprint density at radius 1 is 0.927 bits per heavy atom. The Morgan fingerprint density at radius 3 is 2.15 bits per heavy atom. The SMILES string of the molecule is CCOc1ccc(N(CC(=O)N(Cc2ccc(Cl)c(Cl)c2)[C@@H](CC)C(=O)NC(C)C)S(=O)(=O)c2ccccc2)cc1. The average Bonchev–Trinajstić information content (AvgIpc) is 2.94. The maximum atomic E-state index is 14.1. The molecule has 0 aliphatic rings. The largest absolute Gasteiger partial charge is 0.494 e. The number of carbonyl (C=O) groups is 2. The van der Waals surface area contributed by atoms with Crippen molar-refractivity contribution in [1.82, 2.24) is 10.2 Å². The van der Waals surface area contributed by atoms with Crippen LogP contribution in [0.3, 0.4) is 0 Å². The van der Waals surface area contributed by atoms with Crippen molar-refractivity contribution in [3.05, 3.63) is 88.4 Å². The lowest BCUT2D eigenvalue weighted by molar-refractivity contribution is -0.140. The summed E-state index contributed by atoms with van der Waals surface area (Å²) in [6.07, 6.45) is 0.306. The van der Waals surface area contributed by atoms with E-state index in [1.54, 1.807) is 67.6 Å². The lowest BCUT2D eigenvalue weighted by Gasteiger charge is -2.33. The number of benzene rings is 3. The van der Waals surface area contributed by atoms with E-state index in [1.165, 1.54) is 17.0 Å². The zero-order chi connectivity index (χ0) is 30.2. The fraction of sp³-hybridized carbons (Fsp3) is 0.333. The number of amides is 2. The monoisotopic (exact) mass is 619 g/mol. The first-order valence-electron chi connectivity index (χ1n) is 13.3. The number of ether oxygens (including phenoxy) is 1. The molecule has 0 bridgehead atoms. The van der Waals surface area contributed by atoms with Crippen LogP contribution in [0.5, 0.6) is 5.75 Å². The van der Waals surface area contributed by atoms with E-state index in [0.717, 1.165) is 4.31 Å².